The third kappa shape index (κ3) is 33.6. The van der Waals surface area contributed by atoms with Gasteiger partial charge in [0.15, 0.2) is 12.4 Å². The largest absolute Gasteiger partial charge is 0.462 e. The number of ether oxygens (including phenoxy) is 4. The highest BCUT2D eigenvalue weighted by Gasteiger charge is 2.46. The lowest BCUT2D eigenvalue weighted by molar-refractivity contribution is -0.297. The van der Waals surface area contributed by atoms with E-state index in [-0.39, 0.29) is 19.4 Å². The van der Waals surface area contributed by atoms with E-state index >= 15 is 0 Å². The van der Waals surface area contributed by atoms with Gasteiger partial charge in [-0.25, -0.2) is 0 Å². The van der Waals surface area contributed by atoms with Crippen molar-refractivity contribution in [1.29, 1.82) is 0 Å². The molecule has 0 aliphatic carbocycles. The van der Waals surface area contributed by atoms with Crippen LogP contribution in [0.3, 0.4) is 0 Å². The predicted molar refractivity (Wildman–Crippen MR) is 247 cm³/mol. The normalized spacial score (nSPS) is 20.0. The van der Waals surface area contributed by atoms with E-state index in [1.165, 1.54) is 128 Å². The first kappa shape index (κ1) is 58.1. The van der Waals surface area contributed by atoms with Crippen molar-refractivity contribution in [3.05, 3.63) is 24.3 Å². The molecule has 1 aliphatic heterocycles. The second-order valence-electron chi connectivity index (χ2n) is 17.5. The second-order valence-corrected chi connectivity index (χ2v) is 19.0. The molecule has 0 aromatic heterocycles. The molecule has 0 saturated carbocycles. The molecule has 1 saturated heterocycles. The molecule has 364 valence electrons. The van der Waals surface area contributed by atoms with E-state index in [1.54, 1.807) is 0 Å². The first-order valence-electron chi connectivity index (χ1n) is 24.9. The lowest BCUT2D eigenvalue weighted by Crippen LogP contribution is -2.60. The second kappa shape index (κ2) is 39.5. The maximum Gasteiger partial charge on any atom is 0.306 e. The summed E-state index contributed by atoms with van der Waals surface area (Å²) in [5, 5.41) is 30.9. The van der Waals surface area contributed by atoms with Gasteiger partial charge in [0.2, 0.25) is 0 Å². The Balaban J connectivity index is 2.39. The molecule has 0 spiro atoms. The van der Waals surface area contributed by atoms with Crippen LogP contribution in [0.1, 0.15) is 219 Å². The monoisotopic (exact) mass is 903 g/mol. The third-order valence-electron chi connectivity index (χ3n) is 11.5. The lowest BCUT2D eigenvalue weighted by Gasteiger charge is -2.40. The molecule has 0 aromatic carbocycles. The van der Waals surface area contributed by atoms with Crippen LogP contribution in [0.4, 0.5) is 0 Å². The number of aliphatic hydroxyl groups is 3. The molecule has 1 aliphatic rings. The first-order valence-corrected chi connectivity index (χ1v) is 26.5. The van der Waals surface area contributed by atoms with Crippen molar-refractivity contribution in [1.82, 2.24) is 0 Å². The average Bonchev–Trinajstić information content (AvgIpc) is 3.24. The highest BCUT2D eigenvalue weighted by Crippen LogP contribution is 2.24. The van der Waals surface area contributed by atoms with E-state index in [2.05, 4.69) is 38.2 Å². The van der Waals surface area contributed by atoms with Crippen molar-refractivity contribution < 1.29 is 56.8 Å². The summed E-state index contributed by atoms with van der Waals surface area (Å²) in [5.41, 5.74) is 0. The summed E-state index contributed by atoms with van der Waals surface area (Å²) in [5.74, 6) is -1.98. The fourth-order valence-electron chi connectivity index (χ4n) is 7.65. The number of esters is 2. The molecule has 12 nitrogen and oxygen atoms in total. The molecule has 1 fully saturated rings. The fourth-order valence-corrected chi connectivity index (χ4v) is 8.34. The number of unbranched alkanes of at least 4 members (excludes halogenated alkanes) is 26. The molecule has 1 rings (SSSR count). The van der Waals surface area contributed by atoms with Crippen LogP contribution in [0.15, 0.2) is 24.3 Å². The van der Waals surface area contributed by atoms with E-state index in [4.69, 9.17) is 18.9 Å². The fraction of sp³-hybridized carbons (Fsp3) is 0.878. The van der Waals surface area contributed by atoms with Gasteiger partial charge in [-0.3, -0.25) is 14.1 Å². The van der Waals surface area contributed by atoms with E-state index in [9.17, 15) is 37.9 Å². The SMILES string of the molecule is CCCCC/C=C/C/C=C/CCCCCCCCCCCC(=O)O[C@H](COC(=O)CCCCCCCCCCCCCCCCC)CO[C@H]1O[C@H](CS(=O)(=O)O)[C@@H](O)C(O)C1O. The Labute approximate surface area is 377 Å². The summed E-state index contributed by atoms with van der Waals surface area (Å²) >= 11 is 0. The zero-order chi connectivity index (χ0) is 45.5. The molecular formula is C49H90O12S. The minimum absolute atomic E-state index is 0.162. The molecule has 2 unspecified atom stereocenters. The predicted octanol–water partition coefficient (Wildman–Crippen LogP) is 10.8. The Morgan fingerprint density at radius 1 is 0.548 bits per heavy atom. The Kier molecular flexibility index (Phi) is 37.0. The van der Waals surface area contributed by atoms with Crippen LogP contribution in [0.5, 0.6) is 0 Å². The standard InChI is InChI=1S/C49H90O12S/c1-3-5-7-9-11-13-15-17-19-20-21-22-24-26-28-30-32-34-36-38-45(51)60-42(40-59-49-48(54)47(53)46(52)43(61-49)41-62(55,56)57)39-58-44(50)37-35-33-31-29-27-25-23-18-16-14-12-10-8-6-4-2/h11,13,17,19,42-43,46-49,52-54H,3-10,12,14-16,18,20-41H2,1-2H3,(H,55,56,57)/b13-11+,19-17+/t42-,43-,46-,47?,48?,49+/m1/s1. The zero-order valence-electron chi connectivity index (χ0n) is 39.0. The lowest BCUT2D eigenvalue weighted by atomic mass is 10.00. The summed E-state index contributed by atoms with van der Waals surface area (Å²) in [6, 6.07) is 0. The summed E-state index contributed by atoms with van der Waals surface area (Å²) in [7, 11) is -4.60. The van der Waals surface area contributed by atoms with Gasteiger partial charge in [-0.1, -0.05) is 186 Å². The van der Waals surface area contributed by atoms with Crippen molar-refractivity contribution in [2.45, 2.75) is 256 Å². The van der Waals surface area contributed by atoms with Gasteiger partial charge in [0, 0.05) is 12.8 Å². The van der Waals surface area contributed by atoms with Gasteiger partial charge in [-0.2, -0.15) is 8.42 Å². The van der Waals surface area contributed by atoms with Crippen LogP contribution >= 0.6 is 0 Å². The number of carbonyl (C=O) groups is 2. The van der Waals surface area contributed by atoms with Gasteiger partial charge in [-0.15, -0.1) is 0 Å². The Morgan fingerprint density at radius 2 is 0.968 bits per heavy atom. The average molecular weight is 903 g/mol. The third-order valence-corrected chi connectivity index (χ3v) is 12.3. The van der Waals surface area contributed by atoms with Gasteiger partial charge in [-0.05, 0) is 44.9 Å². The first-order chi connectivity index (χ1) is 30.0. The van der Waals surface area contributed by atoms with Gasteiger partial charge < -0.3 is 34.3 Å². The smallest absolute Gasteiger partial charge is 0.306 e. The number of hydrogen-bond acceptors (Lipinski definition) is 11. The molecule has 0 aromatic rings. The molecule has 0 radical (unpaired) electrons. The molecule has 0 bridgehead atoms. The van der Waals surface area contributed by atoms with Crippen molar-refractivity contribution in [3.63, 3.8) is 0 Å². The molecular weight excluding hydrogens is 813 g/mol. The topological polar surface area (TPSA) is 186 Å². The van der Waals surface area contributed by atoms with Crippen LogP contribution in [0.25, 0.3) is 0 Å². The van der Waals surface area contributed by atoms with Crippen molar-refractivity contribution in [2.24, 2.45) is 0 Å². The summed E-state index contributed by atoms with van der Waals surface area (Å²) in [6.45, 7) is 3.76. The number of allylic oxidation sites excluding steroid dienone is 4. The molecule has 0 amide bonds. The molecule has 62 heavy (non-hydrogen) atoms. The van der Waals surface area contributed by atoms with E-state index in [1.807, 2.05) is 0 Å². The number of hydrogen-bond donors (Lipinski definition) is 4. The molecule has 1 heterocycles. The van der Waals surface area contributed by atoms with Crippen molar-refractivity contribution in [2.75, 3.05) is 19.0 Å². The van der Waals surface area contributed by atoms with Gasteiger partial charge in [0.05, 0.1) is 6.61 Å². The Morgan fingerprint density at radius 3 is 1.45 bits per heavy atom. The van der Waals surface area contributed by atoms with Crippen molar-refractivity contribution in [3.8, 4) is 0 Å². The minimum atomic E-state index is -4.60. The number of rotatable bonds is 42. The van der Waals surface area contributed by atoms with Crippen LogP contribution in [-0.2, 0) is 38.7 Å². The van der Waals surface area contributed by atoms with Gasteiger partial charge >= 0.3 is 11.9 Å². The maximum atomic E-state index is 12.9. The van der Waals surface area contributed by atoms with Crippen LogP contribution in [0, 0.1) is 0 Å². The van der Waals surface area contributed by atoms with Crippen LogP contribution < -0.4 is 0 Å². The molecule has 6 atom stereocenters. The van der Waals surface area contributed by atoms with Gasteiger partial charge in [0.1, 0.15) is 36.8 Å². The summed E-state index contributed by atoms with van der Waals surface area (Å²) in [6.07, 6.45) is 35.0. The van der Waals surface area contributed by atoms with Crippen molar-refractivity contribution >= 4 is 22.1 Å². The van der Waals surface area contributed by atoms with Crippen LogP contribution in [0.2, 0.25) is 0 Å². The highest BCUT2D eigenvalue weighted by molar-refractivity contribution is 7.85. The molecule has 13 heteroatoms. The Hall–Kier alpha value is -1.87. The number of aliphatic hydroxyl groups excluding tert-OH is 3. The van der Waals surface area contributed by atoms with E-state index in [0.717, 1.165) is 51.4 Å². The Bertz CT molecular complexity index is 1240. The zero-order valence-corrected chi connectivity index (χ0v) is 39.8. The quantitative estimate of drug-likeness (QED) is 0.0197. The maximum absolute atomic E-state index is 12.9. The van der Waals surface area contributed by atoms with Gasteiger partial charge in [0.25, 0.3) is 10.1 Å². The summed E-state index contributed by atoms with van der Waals surface area (Å²) < 4.78 is 54.2. The minimum Gasteiger partial charge on any atom is -0.462 e. The summed E-state index contributed by atoms with van der Waals surface area (Å²) in [4.78, 5) is 25.5. The van der Waals surface area contributed by atoms with Crippen LogP contribution in [-0.4, -0.2) is 96.0 Å². The number of carbonyl (C=O) groups excluding carboxylic acids is 2. The van der Waals surface area contributed by atoms with E-state index < -0.39 is 71.2 Å². The highest BCUT2D eigenvalue weighted by atomic mass is 32.2. The van der Waals surface area contributed by atoms with E-state index in [0.29, 0.717) is 12.8 Å². The molecule has 4 N–H and O–H groups in total.